The monoisotopic (exact) mass is 274 g/mol. The number of nitrogens with one attached hydrogen (secondary N) is 1. The van der Waals surface area contributed by atoms with Gasteiger partial charge in [0.2, 0.25) is 0 Å². The van der Waals surface area contributed by atoms with E-state index in [1.807, 2.05) is 0 Å². The number of benzene rings is 1. The summed E-state index contributed by atoms with van der Waals surface area (Å²) in [6, 6.07) is 11.4. The second kappa shape index (κ2) is 6.25. The molecule has 2 aliphatic rings. The molecule has 2 saturated heterocycles. The van der Waals surface area contributed by atoms with Crippen molar-refractivity contribution < 1.29 is 4.74 Å². The Hall–Kier alpha value is -0.900. The van der Waals surface area contributed by atoms with Gasteiger partial charge in [-0.1, -0.05) is 37.3 Å². The van der Waals surface area contributed by atoms with Gasteiger partial charge in [-0.25, -0.2) is 0 Å². The smallest absolute Gasteiger partial charge is 0.0554 e. The van der Waals surface area contributed by atoms with Crippen LogP contribution < -0.4 is 5.32 Å². The maximum absolute atomic E-state index is 5.33. The lowest BCUT2D eigenvalue weighted by Gasteiger charge is -2.41. The highest BCUT2D eigenvalue weighted by atomic mass is 16.5. The Bertz CT molecular complexity index is 416. The third kappa shape index (κ3) is 3.60. The van der Waals surface area contributed by atoms with Crippen molar-refractivity contribution in [3.05, 3.63) is 35.9 Å². The highest BCUT2D eigenvalue weighted by Crippen LogP contribution is 2.25. The van der Waals surface area contributed by atoms with Crippen molar-refractivity contribution in [3.63, 3.8) is 0 Å². The Kier molecular flexibility index (Phi) is 4.39. The van der Waals surface area contributed by atoms with Crippen LogP contribution in [-0.4, -0.2) is 43.8 Å². The Morgan fingerprint density at radius 1 is 1.30 bits per heavy atom. The van der Waals surface area contributed by atoms with Crippen molar-refractivity contribution in [2.45, 2.75) is 32.4 Å². The number of piperidine rings is 1. The number of hydrogen-bond donors (Lipinski definition) is 1. The SMILES string of the molecule is CC1(CNC2CCCN(Cc3ccccc3)C2)COC1. The standard InChI is InChI=1S/C17H26N2O/c1-17(13-20-14-17)12-18-16-8-5-9-19(11-16)10-15-6-3-2-4-7-15/h2-4,6-7,16,18H,5,8-14H2,1H3. The molecule has 2 heterocycles. The molecule has 1 atom stereocenters. The first-order valence-electron chi connectivity index (χ1n) is 7.81. The van der Waals surface area contributed by atoms with Gasteiger partial charge < -0.3 is 10.1 Å². The van der Waals surface area contributed by atoms with Gasteiger partial charge >= 0.3 is 0 Å². The molecule has 110 valence electrons. The van der Waals surface area contributed by atoms with Crippen LogP contribution >= 0.6 is 0 Å². The fourth-order valence-corrected chi connectivity index (χ4v) is 3.15. The number of likely N-dealkylation sites (tertiary alicyclic amines) is 1. The lowest BCUT2D eigenvalue weighted by atomic mass is 9.88. The summed E-state index contributed by atoms with van der Waals surface area (Å²) in [6.45, 7) is 8.73. The predicted molar refractivity (Wildman–Crippen MR) is 81.7 cm³/mol. The van der Waals surface area contributed by atoms with E-state index in [9.17, 15) is 0 Å². The second-order valence-electron chi connectivity index (χ2n) is 6.74. The number of rotatable bonds is 5. The lowest BCUT2D eigenvalue weighted by molar-refractivity contribution is -0.101. The third-order valence-corrected chi connectivity index (χ3v) is 4.47. The van der Waals surface area contributed by atoms with Gasteiger partial charge in [0.1, 0.15) is 0 Å². The molecule has 3 nitrogen and oxygen atoms in total. The van der Waals surface area contributed by atoms with Gasteiger partial charge in [-0.3, -0.25) is 4.90 Å². The fraction of sp³-hybridized carbons (Fsp3) is 0.647. The van der Waals surface area contributed by atoms with Gasteiger partial charge in [-0.15, -0.1) is 0 Å². The lowest BCUT2D eigenvalue weighted by Crippen LogP contribution is -2.53. The molecule has 2 aliphatic heterocycles. The van der Waals surface area contributed by atoms with Crippen LogP contribution in [0.15, 0.2) is 30.3 Å². The molecule has 0 radical (unpaired) electrons. The van der Waals surface area contributed by atoms with E-state index in [4.69, 9.17) is 4.74 Å². The molecular formula is C17H26N2O. The maximum Gasteiger partial charge on any atom is 0.0554 e. The zero-order chi connectivity index (χ0) is 13.8. The van der Waals surface area contributed by atoms with E-state index in [0.717, 1.165) is 26.3 Å². The number of hydrogen-bond acceptors (Lipinski definition) is 3. The van der Waals surface area contributed by atoms with Crippen molar-refractivity contribution in [3.8, 4) is 0 Å². The summed E-state index contributed by atoms with van der Waals surface area (Å²) in [5.41, 5.74) is 1.80. The first-order valence-corrected chi connectivity index (χ1v) is 7.81. The van der Waals surface area contributed by atoms with E-state index in [0.29, 0.717) is 11.5 Å². The van der Waals surface area contributed by atoms with E-state index in [1.54, 1.807) is 0 Å². The summed E-state index contributed by atoms with van der Waals surface area (Å²) >= 11 is 0. The molecule has 3 rings (SSSR count). The van der Waals surface area contributed by atoms with Crippen LogP contribution in [0, 0.1) is 5.41 Å². The van der Waals surface area contributed by atoms with Gasteiger partial charge in [0.25, 0.3) is 0 Å². The fourth-order valence-electron chi connectivity index (χ4n) is 3.15. The van der Waals surface area contributed by atoms with Crippen molar-refractivity contribution >= 4 is 0 Å². The van der Waals surface area contributed by atoms with Crippen LogP contribution in [-0.2, 0) is 11.3 Å². The Morgan fingerprint density at radius 2 is 2.10 bits per heavy atom. The minimum Gasteiger partial charge on any atom is -0.380 e. The van der Waals surface area contributed by atoms with Crippen LogP contribution in [0.4, 0.5) is 0 Å². The molecule has 0 aliphatic carbocycles. The number of ether oxygens (including phenoxy) is 1. The first kappa shape index (κ1) is 14.1. The summed E-state index contributed by atoms with van der Waals surface area (Å²) in [5.74, 6) is 0. The van der Waals surface area contributed by atoms with Crippen molar-refractivity contribution in [2.75, 3.05) is 32.8 Å². The molecule has 0 bridgehead atoms. The normalized spacial score (nSPS) is 26.1. The summed E-state index contributed by atoms with van der Waals surface area (Å²) < 4.78 is 5.33. The number of nitrogens with zero attached hydrogens (tertiary/aromatic N) is 1. The van der Waals surface area contributed by atoms with Crippen LogP contribution in [0.1, 0.15) is 25.3 Å². The molecule has 3 heteroatoms. The van der Waals surface area contributed by atoms with E-state index in [2.05, 4.69) is 47.5 Å². The zero-order valence-electron chi connectivity index (χ0n) is 12.5. The van der Waals surface area contributed by atoms with E-state index < -0.39 is 0 Å². The molecule has 1 N–H and O–H groups in total. The summed E-state index contributed by atoms with van der Waals surface area (Å²) in [6.07, 6.45) is 2.61. The maximum atomic E-state index is 5.33. The van der Waals surface area contributed by atoms with Crippen LogP contribution in [0.3, 0.4) is 0 Å². The van der Waals surface area contributed by atoms with Crippen LogP contribution in [0.25, 0.3) is 0 Å². The van der Waals surface area contributed by atoms with Gasteiger partial charge in [-0.05, 0) is 24.9 Å². The van der Waals surface area contributed by atoms with E-state index in [-0.39, 0.29) is 0 Å². The first-order chi connectivity index (χ1) is 9.73. The second-order valence-corrected chi connectivity index (χ2v) is 6.74. The Labute approximate surface area is 122 Å². The van der Waals surface area contributed by atoms with E-state index in [1.165, 1.54) is 31.5 Å². The average Bonchev–Trinajstić information content (AvgIpc) is 2.45. The van der Waals surface area contributed by atoms with Crippen LogP contribution in [0.5, 0.6) is 0 Å². The summed E-state index contributed by atoms with van der Waals surface area (Å²) in [4.78, 5) is 2.58. The molecule has 0 amide bonds. The molecule has 0 spiro atoms. The Morgan fingerprint density at radius 3 is 2.80 bits per heavy atom. The molecule has 0 saturated carbocycles. The highest BCUT2D eigenvalue weighted by Gasteiger charge is 2.34. The van der Waals surface area contributed by atoms with Gasteiger partial charge in [-0.2, -0.15) is 0 Å². The predicted octanol–water partition coefficient (Wildman–Crippen LogP) is 2.28. The topological polar surface area (TPSA) is 24.5 Å². The molecule has 20 heavy (non-hydrogen) atoms. The van der Waals surface area contributed by atoms with Crippen LogP contribution in [0.2, 0.25) is 0 Å². The molecule has 1 aromatic rings. The van der Waals surface area contributed by atoms with Gasteiger partial charge in [0.05, 0.1) is 13.2 Å². The molecule has 1 unspecified atom stereocenters. The van der Waals surface area contributed by atoms with Crippen molar-refractivity contribution in [1.29, 1.82) is 0 Å². The summed E-state index contributed by atoms with van der Waals surface area (Å²) in [7, 11) is 0. The minimum absolute atomic E-state index is 0.377. The largest absolute Gasteiger partial charge is 0.380 e. The van der Waals surface area contributed by atoms with Crippen molar-refractivity contribution in [1.82, 2.24) is 10.2 Å². The Balaban J connectivity index is 1.46. The molecule has 1 aromatic carbocycles. The molecular weight excluding hydrogens is 248 g/mol. The zero-order valence-corrected chi connectivity index (χ0v) is 12.5. The van der Waals surface area contributed by atoms with Gasteiger partial charge in [0.15, 0.2) is 0 Å². The van der Waals surface area contributed by atoms with Crippen molar-refractivity contribution in [2.24, 2.45) is 5.41 Å². The minimum atomic E-state index is 0.377. The quantitative estimate of drug-likeness (QED) is 0.891. The van der Waals surface area contributed by atoms with Gasteiger partial charge in [0, 0.05) is 31.1 Å². The molecule has 0 aromatic heterocycles. The molecule has 2 fully saturated rings. The van der Waals surface area contributed by atoms with E-state index >= 15 is 0 Å². The average molecular weight is 274 g/mol. The highest BCUT2D eigenvalue weighted by molar-refractivity contribution is 5.14. The summed E-state index contributed by atoms with van der Waals surface area (Å²) in [5, 5.41) is 3.76. The third-order valence-electron chi connectivity index (χ3n) is 4.47.